The maximum absolute atomic E-state index is 12.3. The highest BCUT2D eigenvalue weighted by Gasteiger charge is 2.26. The highest BCUT2D eigenvalue weighted by atomic mass is 16.3. The highest BCUT2D eigenvalue weighted by molar-refractivity contribution is 5.78. The van der Waals surface area contributed by atoms with Crippen molar-refractivity contribution in [2.45, 2.75) is 57.1 Å². The van der Waals surface area contributed by atoms with E-state index < -0.39 is 0 Å². The summed E-state index contributed by atoms with van der Waals surface area (Å²) >= 11 is 0. The first-order valence-corrected chi connectivity index (χ1v) is 8.32. The standard InChI is InChI=1S/C18H28N2O2/c1-13(21)10-16(14-6-3-2-4-7-14)12-20-18(22)15-8-5-9-17(19)11-15/h2-4,6-7,13,15-17,21H,5,8-12,19H2,1H3,(H,20,22). The monoisotopic (exact) mass is 304 g/mol. The molecule has 1 fully saturated rings. The van der Waals surface area contributed by atoms with Gasteiger partial charge < -0.3 is 16.2 Å². The van der Waals surface area contributed by atoms with Crippen LogP contribution in [0.2, 0.25) is 0 Å². The van der Waals surface area contributed by atoms with Crippen LogP contribution in [0.25, 0.3) is 0 Å². The molecular formula is C18H28N2O2. The molecule has 1 saturated carbocycles. The van der Waals surface area contributed by atoms with Gasteiger partial charge in [-0.05, 0) is 38.2 Å². The molecule has 22 heavy (non-hydrogen) atoms. The Bertz CT molecular complexity index is 461. The van der Waals surface area contributed by atoms with Crippen molar-refractivity contribution in [3.63, 3.8) is 0 Å². The summed E-state index contributed by atoms with van der Waals surface area (Å²) in [7, 11) is 0. The van der Waals surface area contributed by atoms with Crippen LogP contribution in [-0.4, -0.2) is 29.7 Å². The van der Waals surface area contributed by atoms with Gasteiger partial charge in [0.15, 0.2) is 0 Å². The van der Waals surface area contributed by atoms with Crippen LogP contribution < -0.4 is 11.1 Å². The van der Waals surface area contributed by atoms with E-state index in [0.717, 1.165) is 31.2 Å². The van der Waals surface area contributed by atoms with Crippen LogP contribution in [0, 0.1) is 5.92 Å². The number of benzene rings is 1. The maximum atomic E-state index is 12.3. The van der Waals surface area contributed by atoms with Gasteiger partial charge in [0.2, 0.25) is 5.91 Å². The molecule has 0 aromatic heterocycles. The number of nitrogens with two attached hydrogens (primary N) is 1. The molecule has 0 bridgehead atoms. The van der Waals surface area contributed by atoms with E-state index in [-0.39, 0.29) is 29.9 Å². The summed E-state index contributed by atoms with van der Waals surface area (Å²) in [4.78, 5) is 12.3. The molecule has 1 aliphatic rings. The number of carbonyl (C=O) groups is 1. The topological polar surface area (TPSA) is 75.3 Å². The first kappa shape index (κ1) is 17.0. The third kappa shape index (κ3) is 5.11. The number of hydrogen-bond acceptors (Lipinski definition) is 3. The van der Waals surface area contributed by atoms with Gasteiger partial charge in [0.25, 0.3) is 0 Å². The fourth-order valence-corrected chi connectivity index (χ4v) is 3.31. The molecule has 1 aromatic rings. The lowest BCUT2D eigenvalue weighted by molar-refractivity contribution is -0.126. The molecule has 4 N–H and O–H groups in total. The van der Waals surface area contributed by atoms with Crippen LogP contribution in [-0.2, 0) is 4.79 Å². The zero-order valence-corrected chi connectivity index (χ0v) is 13.4. The lowest BCUT2D eigenvalue weighted by Crippen LogP contribution is -2.39. The zero-order valence-electron chi connectivity index (χ0n) is 13.4. The molecule has 0 spiro atoms. The highest BCUT2D eigenvalue weighted by Crippen LogP contribution is 2.24. The largest absolute Gasteiger partial charge is 0.393 e. The molecule has 0 heterocycles. The average molecular weight is 304 g/mol. The normalized spacial score (nSPS) is 24.5. The van der Waals surface area contributed by atoms with E-state index in [0.29, 0.717) is 13.0 Å². The summed E-state index contributed by atoms with van der Waals surface area (Å²) in [6, 6.07) is 10.2. The Balaban J connectivity index is 1.91. The molecule has 4 atom stereocenters. The Hall–Kier alpha value is -1.39. The first-order valence-electron chi connectivity index (χ1n) is 8.32. The van der Waals surface area contributed by atoms with Crippen LogP contribution in [0.3, 0.4) is 0 Å². The van der Waals surface area contributed by atoms with E-state index in [1.165, 1.54) is 0 Å². The molecule has 0 aliphatic heterocycles. The van der Waals surface area contributed by atoms with Gasteiger partial charge in [-0.2, -0.15) is 0 Å². The Morgan fingerprint density at radius 2 is 2.09 bits per heavy atom. The van der Waals surface area contributed by atoms with Crippen molar-refractivity contribution >= 4 is 5.91 Å². The Labute approximate surface area is 133 Å². The number of hydrogen-bond donors (Lipinski definition) is 3. The second kappa shape index (κ2) is 8.30. The molecule has 1 aliphatic carbocycles. The number of amides is 1. The molecule has 122 valence electrons. The van der Waals surface area contributed by atoms with Gasteiger partial charge in [-0.3, -0.25) is 4.79 Å². The number of rotatable bonds is 6. The molecule has 0 saturated heterocycles. The molecule has 4 heteroatoms. The van der Waals surface area contributed by atoms with Crippen LogP contribution in [0.4, 0.5) is 0 Å². The van der Waals surface area contributed by atoms with E-state index in [9.17, 15) is 9.90 Å². The molecule has 2 rings (SSSR count). The summed E-state index contributed by atoms with van der Waals surface area (Å²) in [5, 5.41) is 12.8. The quantitative estimate of drug-likeness (QED) is 0.754. The summed E-state index contributed by atoms with van der Waals surface area (Å²) < 4.78 is 0. The molecule has 1 amide bonds. The number of aliphatic hydroxyl groups is 1. The second-order valence-electron chi connectivity index (χ2n) is 6.56. The lowest BCUT2D eigenvalue weighted by Gasteiger charge is -2.27. The van der Waals surface area contributed by atoms with Gasteiger partial charge in [0.05, 0.1) is 6.10 Å². The Kier molecular flexibility index (Phi) is 6.40. The summed E-state index contributed by atoms with van der Waals surface area (Å²) in [6.45, 7) is 2.36. The smallest absolute Gasteiger partial charge is 0.223 e. The van der Waals surface area contributed by atoms with Gasteiger partial charge in [-0.25, -0.2) is 0 Å². The predicted octanol–water partition coefficient (Wildman–Crippen LogP) is 2.17. The predicted molar refractivity (Wildman–Crippen MR) is 88.4 cm³/mol. The molecule has 4 nitrogen and oxygen atoms in total. The average Bonchev–Trinajstić information content (AvgIpc) is 2.51. The van der Waals surface area contributed by atoms with Crippen molar-refractivity contribution in [1.82, 2.24) is 5.32 Å². The SMILES string of the molecule is CC(O)CC(CNC(=O)C1CCCC(N)C1)c1ccccc1. The van der Waals surface area contributed by atoms with Gasteiger partial charge in [0.1, 0.15) is 0 Å². The zero-order chi connectivity index (χ0) is 15.9. The molecule has 1 aromatic carbocycles. The molecule has 0 radical (unpaired) electrons. The third-order valence-corrected chi connectivity index (χ3v) is 4.50. The van der Waals surface area contributed by atoms with Crippen LogP contribution in [0.1, 0.15) is 50.5 Å². The Morgan fingerprint density at radius 3 is 2.73 bits per heavy atom. The van der Waals surface area contributed by atoms with Crippen molar-refractivity contribution in [3.8, 4) is 0 Å². The van der Waals surface area contributed by atoms with E-state index in [2.05, 4.69) is 17.4 Å². The Morgan fingerprint density at radius 1 is 1.36 bits per heavy atom. The van der Waals surface area contributed by atoms with Crippen molar-refractivity contribution in [3.05, 3.63) is 35.9 Å². The lowest BCUT2D eigenvalue weighted by atomic mass is 9.85. The first-order chi connectivity index (χ1) is 10.6. The van der Waals surface area contributed by atoms with Crippen LogP contribution >= 0.6 is 0 Å². The number of carbonyl (C=O) groups excluding carboxylic acids is 1. The minimum Gasteiger partial charge on any atom is -0.393 e. The minimum atomic E-state index is -0.384. The fraction of sp³-hybridized carbons (Fsp3) is 0.611. The third-order valence-electron chi connectivity index (χ3n) is 4.50. The maximum Gasteiger partial charge on any atom is 0.223 e. The van der Waals surface area contributed by atoms with E-state index >= 15 is 0 Å². The number of nitrogens with one attached hydrogen (secondary N) is 1. The van der Waals surface area contributed by atoms with E-state index in [4.69, 9.17) is 5.73 Å². The fourth-order valence-electron chi connectivity index (χ4n) is 3.31. The second-order valence-corrected chi connectivity index (χ2v) is 6.56. The summed E-state index contributed by atoms with van der Waals surface area (Å²) in [5.74, 6) is 0.302. The molecule has 4 unspecified atom stereocenters. The summed E-state index contributed by atoms with van der Waals surface area (Å²) in [6.07, 6.45) is 4.05. The van der Waals surface area contributed by atoms with Gasteiger partial charge in [0, 0.05) is 24.4 Å². The summed E-state index contributed by atoms with van der Waals surface area (Å²) in [5.41, 5.74) is 7.12. The molecular weight excluding hydrogens is 276 g/mol. The van der Waals surface area contributed by atoms with Gasteiger partial charge >= 0.3 is 0 Å². The van der Waals surface area contributed by atoms with E-state index in [1.807, 2.05) is 18.2 Å². The van der Waals surface area contributed by atoms with Gasteiger partial charge in [-0.1, -0.05) is 36.8 Å². The van der Waals surface area contributed by atoms with Crippen LogP contribution in [0.5, 0.6) is 0 Å². The number of aliphatic hydroxyl groups excluding tert-OH is 1. The van der Waals surface area contributed by atoms with Gasteiger partial charge in [-0.15, -0.1) is 0 Å². The van der Waals surface area contributed by atoms with Crippen molar-refractivity contribution in [2.24, 2.45) is 11.7 Å². The van der Waals surface area contributed by atoms with Crippen LogP contribution in [0.15, 0.2) is 30.3 Å². The van der Waals surface area contributed by atoms with Crippen molar-refractivity contribution in [2.75, 3.05) is 6.54 Å². The minimum absolute atomic E-state index is 0.0479. The van der Waals surface area contributed by atoms with E-state index in [1.54, 1.807) is 6.92 Å². The van der Waals surface area contributed by atoms with Crippen molar-refractivity contribution in [1.29, 1.82) is 0 Å². The van der Waals surface area contributed by atoms with Crippen molar-refractivity contribution < 1.29 is 9.90 Å².